The van der Waals surface area contributed by atoms with Crippen molar-refractivity contribution in [3.05, 3.63) is 24.3 Å². The van der Waals surface area contributed by atoms with Gasteiger partial charge in [-0.3, -0.25) is 9.11 Å². The molecule has 0 amide bonds. The summed E-state index contributed by atoms with van der Waals surface area (Å²) in [6, 6.07) is 6.82. The standard InChI is InChI=1S/C14H22O8S2.Na/c15-23(16,17)11-3-1-9-21-13-5-7-14(8-6-13)22-10-2-4-12-24(18,19)20;/h5-8H,1-4,9-12H2,(H,15,16,17)(H,18,19,20);. The molecule has 8 nitrogen and oxygen atoms in total. The Labute approximate surface area is 170 Å². The normalized spacial score (nSPS) is 11.6. The Kier molecular flexibility index (Phi) is 11.9. The summed E-state index contributed by atoms with van der Waals surface area (Å²) in [5.41, 5.74) is 0. The van der Waals surface area contributed by atoms with Crippen LogP contribution in [0.3, 0.4) is 0 Å². The van der Waals surface area contributed by atoms with Crippen molar-refractivity contribution in [2.24, 2.45) is 0 Å². The number of unbranched alkanes of at least 4 members (excludes halogenated alkanes) is 2. The van der Waals surface area contributed by atoms with Gasteiger partial charge in [0.2, 0.25) is 0 Å². The zero-order valence-corrected chi connectivity index (χ0v) is 17.8. The summed E-state index contributed by atoms with van der Waals surface area (Å²) in [5, 5.41) is 0. The van der Waals surface area contributed by atoms with Gasteiger partial charge in [0, 0.05) is 29.6 Å². The molecule has 139 valence electrons. The fraction of sp³-hybridized carbons (Fsp3) is 0.571. The number of hydrogen-bond donors (Lipinski definition) is 2. The predicted molar refractivity (Wildman–Crippen MR) is 94.5 cm³/mol. The van der Waals surface area contributed by atoms with Crippen LogP contribution in [0.15, 0.2) is 24.3 Å². The second-order valence-electron chi connectivity index (χ2n) is 5.15. The first-order valence-electron chi connectivity index (χ1n) is 7.42. The van der Waals surface area contributed by atoms with Crippen molar-refractivity contribution in [3.63, 3.8) is 0 Å². The molecule has 0 aliphatic carbocycles. The SMILES string of the molecule is O=S(=O)(O)CCCCOc1ccc(OCCCCS(=O)(=O)O)cc1.[Na]. The van der Waals surface area contributed by atoms with Crippen LogP contribution >= 0.6 is 0 Å². The Bertz CT molecular complexity index is 625. The Morgan fingerprint density at radius 2 is 1.00 bits per heavy atom. The molecule has 1 rings (SSSR count). The summed E-state index contributed by atoms with van der Waals surface area (Å²) in [7, 11) is -7.83. The summed E-state index contributed by atoms with van der Waals surface area (Å²) in [5.74, 6) is 0.669. The van der Waals surface area contributed by atoms with Gasteiger partial charge in [0.15, 0.2) is 0 Å². The van der Waals surface area contributed by atoms with Gasteiger partial charge in [-0.15, -0.1) is 0 Å². The van der Waals surface area contributed by atoms with Gasteiger partial charge in [0.25, 0.3) is 20.2 Å². The monoisotopic (exact) mass is 405 g/mol. The predicted octanol–water partition coefficient (Wildman–Crippen LogP) is 1.40. The molecule has 0 fully saturated rings. The number of rotatable bonds is 12. The van der Waals surface area contributed by atoms with E-state index in [2.05, 4.69) is 0 Å². The smallest absolute Gasteiger partial charge is 0.264 e. The van der Waals surface area contributed by atoms with Gasteiger partial charge in [-0.1, -0.05) is 0 Å². The number of ether oxygens (including phenoxy) is 2. The molecule has 1 aromatic carbocycles. The van der Waals surface area contributed by atoms with Gasteiger partial charge in [-0.2, -0.15) is 16.8 Å². The van der Waals surface area contributed by atoms with E-state index in [4.69, 9.17) is 18.6 Å². The van der Waals surface area contributed by atoms with Crippen LogP contribution < -0.4 is 9.47 Å². The molecule has 0 saturated heterocycles. The third-order valence-corrected chi connectivity index (χ3v) is 4.56. The Morgan fingerprint density at radius 1 is 0.680 bits per heavy atom. The molecule has 0 unspecified atom stereocenters. The molecule has 0 saturated carbocycles. The molecule has 0 bridgehead atoms. The molecule has 1 aromatic rings. The molecule has 0 atom stereocenters. The van der Waals surface area contributed by atoms with E-state index >= 15 is 0 Å². The largest absolute Gasteiger partial charge is 0.494 e. The second kappa shape index (κ2) is 12.1. The Morgan fingerprint density at radius 3 is 1.28 bits per heavy atom. The molecule has 0 spiro atoms. The molecular formula is C14H22NaO8S2. The zero-order chi connectivity index (χ0) is 18.1. The topological polar surface area (TPSA) is 127 Å². The molecule has 11 heteroatoms. The average Bonchev–Trinajstić information content (AvgIpc) is 2.45. The molecule has 2 N–H and O–H groups in total. The van der Waals surface area contributed by atoms with E-state index in [1.165, 1.54) is 0 Å². The summed E-state index contributed by atoms with van der Waals surface area (Å²) in [6.45, 7) is 0.677. The van der Waals surface area contributed by atoms with E-state index in [0.717, 1.165) is 0 Å². The number of hydrogen-bond acceptors (Lipinski definition) is 6. The first-order chi connectivity index (χ1) is 11.2. The zero-order valence-electron chi connectivity index (χ0n) is 14.1. The van der Waals surface area contributed by atoms with Crippen LogP contribution in [0.4, 0.5) is 0 Å². The van der Waals surface area contributed by atoms with E-state index in [0.29, 0.717) is 50.4 Å². The summed E-state index contributed by atoms with van der Waals surface area (Å²) in [4.78, 5) is 0. The van der Waals surface area contributed by atoms with Crippen LogP contribution in [-0.4, -0.2) is 80.2 Å². The summed E-state index contributed by atoms with van der Waals surface area (Å²) < 4.78 is 70.2. The second-order valence-corrected chi connectivity index (χ2v) is 8.30. The van der Waals surface area contributed by atoms with Crippen molar-refractivity contribution >= 4 is 49.8 Å². The van der Waals surface area contributed by atoms with Crippen LogP contribution in [0.2, 0.25) is 0 Å². The van der Waals surface area contributed by atoms with Crippen LogP contribution in [0.5, 0.6) is 11.5 Å². The third kappa shape index (κ3) is 14.5. The Hall–Kier alpha value is -0.360. The molecule has 25 heavy (non-hydrogen) atoms. The summed E-state index contributed by atoms with van der Waals surface area (Å²) >= 11 is 0. The van der Waals surface area contributed by atoms with Crippen LogP contribution in [0.1, 0.15) is 25.7 Å². The number of benzene rings is 1. The van der Waals surface area contributed by atoms with Crippen LogP contribution in [-0.2, 0) is 20.2 Å². The molecule has 0 aromatic heterocycles. The van der Waals surface area contributed by atoms with Crippen LogP contribution in [0, 0.1) is 0 Å². The van der Waals surface area contributed by atoms with Crippen molar-refractivity contribution in [2.45, 2.75) is 25.7 Å². The molecule has 1 radical (unpaired) electrons. The molecule has 0 heterocycles. The minimum absolute atomic E-state index is 0. The van der Waals surface area contributed by atoms with E-state index in [9.17, 15) is 16.8 Å². The van der Waals surface area contributed by atoms with Crippen molar-refractivity contribution in [1.29, 1.82) is 0 Å². The van der Waals surface area contributed by atoms with E-state index < -0.39 is 20.2 Å². The third-order valence-electron chi connectivity index (χ3n) is 2.95. The van der Waals surface area contributed by atoms with Gasteiger partial charge in [0.05, 0.1) is 24.7 Å². The maximum Gasteiger partial charge on any atom is 0.264 e. The Balaban J connectivity index is 0.00000576. The molecular weight excluding hydrogens is 383 g/mol. The van der Waals surface area contributed by atoms with Crippen LogP contribution in [0.25, 0.3) is 0 Å². The van der Waals surface area contributed by atoms with Gasteiger partial charge >= 0.3 is 0 Å². The maximum absolute atomic E-state index is 10.5. The fourth-order valence-corrected chi connectivity index (χ4v) is 2.92. The first kappa shape index (κ1) is 24.6. The maximum atomic E-state index is 10.5. The van der Waals surface area contributed by atoms with E-state index in [1.54, 1.807) is 24.3 Å². The molecule has 0 aliphatic rings. The van der Waals surface area contributed by atoms with Gasteiger partial charge in [0.1, 0.15) is 11.5 Å². The first-order valence-corrected chi connectivity index (χ1v) is 10.6. The van der Waals surface area contributed by atoms with Gasteiger partial charge in [-0.25, -0.2) is 0 Å². The van der Waals surface area contributed by atoms with Gasteiger partial charge in [-0.05, 0) is 49.9 Å². The van der Waals surface area contributed by atoms with Crippen molar-refractivity contribution in [2.75, 3.05) is 24.7 Å². The quantitative estimate of drug-likeness (QED) is 0.303. The van der Waals surface area contributed by atoms with E-state index in [-0.39, 0.29) is 41.1 Å². The van der Waals surface area contributed by atoms with Crippen molar-refractivity contribution in [1.82, 2.24) is 0 Å². The summed E-state index contributed by atoms with van der Waals surface area (Å²) in [6.07, 6.45) is 1.66. The van der Waals surface area contributed by atoms with Crippen molar-refractivity contribution in [3.8, 4) is 11.5 Å². The minimum Gasteiger partial charge on any atom is -0.494 e. The van der Waals surface area contributed by atoms with Crippen molar-refractivity contribution < 1.29 is 35.4 Å². The van der Waals surface area contributed by atoms with Gasteiger partial charge < -0.3 is 9.47 Å². The minimum atomic E-state index is -3.92. The fourth-order valence-electron chi connectivity index (χ4n) is 1.79. The molecule has 0 aliphatic heterocycles. The van der Waals surface area contributed by atoms with E-state index in [1.807, 2.05) is 0 Å². The average molecular weight is 405 g/mol.